The van der Waals surface area contributed by atoms with Gasteiger partial charge in [0.1, 0.15) is 0 Å². The molecule has 0 bridgehead atoms. The van der Waals surface area contributed by atoms with Crippen molar-refractivity contribution in [2.75, 3.05) is 6.54 Å². The van der Waals surface area contributed by atoms with Gasteiger partial charge >= 0.3 is 0 Å². The van der Waals surface area contributed by atoms with Gasteiger partial charge in [-0.1, -0.05) is 11.6 Å². The fraction of sp³-hybridized carbons (Fsp3) is 0.500. The molecule has 0 spiro atoms. The van der Waals surface area contributed by atoms with Gasteiger partial charge in [-0.2, -0.15) is 4.98 Å². The molecule has 1 saturated heterocycles. The summed E-state index contributed by atoms with van der Waals surface area (Å²) in [6, 6.07) is 4.07. The van der Waals surface area contributed by atoms with E-state index < -0.39 is 0 Å². The first-order valence-electron chi connectivity index (χ1n) is 6.89. The van der Waals surface area contributed by atoms with Crippen molar-refractivity contribution in [2.24, 2.45) is 11.8 Å². The summed E-state index contributed by atoms with van der Waals surface area (Å²) in [5.74, 6) is 2.82. The van der Waals surface area contributed by atoms with E-state index in [-0.39, 0.29) is 6.04 Å². The second-order valence-corrected chi connectivity index (χ2v) is 5.44. The summed E-state index contributed by atoms with van der Waals surface area (Å²) in [5, 5.41) is 7.61. The number of hydrogen-bond donors (Lipinski definition) is 1. The van der Waals surface area contributed by atoms with Crippen LogP contribution in [0.2, 0.25) is 0 Å². The van der Waals surface area contributed by atoms with Crippen LogP contribution in [0, 0.1) is 11.8 Å². The fourth-order valence-corrected chi connectivity index (χ4v) is 3.43. The van der Waals surface area contributed by atoms with Crippen LogP contribution in [0.3, 0.4) is 0 Å². The number of fused-ring (bicyclic) bond motifs is 1. The Morgan fingerprint density at radius 3 is 3.21 bits per heavy atom. The Morgan fingerprint density at radius 1 is 1.32 bits per heavy atom. The molecule has 3 unspecified atom stereocenters. The second-order valence-electron chi connectivity index (χ2n) is 5.44. The molecule has 5 heteroatoms. The van der Waals surface area contributed by atoms with Gasteiger partial charge < -0.3 is 9.84 Å². The minimum Gasteiger partial charge on any atom is -0.337 e. The van der Waals surface area contributed by atoms with E-state index in [1.807, 2.05) is 12.1 Å². The summed E-state index contributed by atoms with van der Waals surface area (Å²) in [5.41, 5.74) is 0.901. The molecule has 1 aliphatic carbocycles. The van der Waals surface area contributed by atoms with Gasteiger partial charge in [-0.3, -0.25) is 4.98 Å². The van der Waals surface area contributed by atoms with Crippen LogP contribution in [0.25, 0.3) is 11.4 Å². The van der Waals surface area contributed by atoms with E-state index in [2.05, 4.69) is 20.4 Å². The minimum absolute atomic E-state index is 0.241. The van der Waals surface area contributed by atoms with Gasteiger partial charge in [0.2, 0.25) is 11.7 Å². The third-order valence-corrected chi connectivity index (χ3v) is 4.37. The van der Waals surface area contributed by atoms with E-state index >= 15 is 0 Å². The zero-order valence-electron chi connectivity index (χ0n) is 10.6. The van der Waals surface area contributed by atoms with Gasteiger partial charge in [-0.15, -0.1) is 0 Å². The SMILES string of the molecule is c1cncc(-c2noc(C3NCC4CCCC43)n2)c1. The van der Waals surface area contributed by atoms with Crippen molar-refractivity contribution in [3.63, 3.8) is 0 Å². The first-order chi connectivity index (χ1) is 9.42. The maximum atomic E-state index is 5.46. The Bertz CT molecular complexity index is 568. The van der Waals surface area contributed by atoms with Crippen LogP contribution in [0.5, 0.6) is 0 Å². The molecule has 3 atom stereocenters. The van der Waals surface area contributed by atoms with E-state index in [0.29, 0.717) is 11.7 Å². The summed E-state index contributed by atoms with van der Waals surface area (Å²) >= 11 is 0. The van der Waals surface area contributed by atoms with Gasteiger partial charge in [0.25, 0.3) is 0 Å². The standard InChI is InChI=1S/C14H16N4O/c1-3-9-8-16-12(11(9)5-1)14-17-13(18-19-14)10-4-2-6-15-7-10/h2,4,6-7,9,11-12,16H,1,3,5,8H2. The lowest BCUT2D eigenvalue weighted by molar-refractivity contribution is 0.302. The quantitative estimate of drug-likeness (QED) is 0.892. The molecule has 2 aromatic heterocycles. The van der Waals surface area contributed by atoms with Crippen LogP contribution in [0.15, 0.2) is 29.0 Å². The van der Waals surface area contributed by atoms with Crippen LogP contribution >= 0.6 is 0 Å². The van der Waals surface area contributed by atoms with Crippen molar-refractivity contribution >= 4 is 0 Å². The molecule has 1 N–H and O–H groups in total. The topological polar surface area (TPSA) is 63.8 Å². The number of nitrogens with zero attached hydrogens (tertiary/aromatic N) is 3. The molecule has 2 fully saturated rings. The summed E-state index contributed by atoms with van der Waals surface area (Å²) in [6.07, 6.45) is 7.43. The first kappa shape index (κ1) is 11.1. The fourth-order valence-electron chi connectivity index (χ4n) is 3.43. The van der Waals surface area contributed by atoms with Crippen LogP contribution in [-0.4, -0.2) is 21.7 Å². The van der Waals surface area contributed by atoms with E-state index in [1.165, 1.54) is 19.3 Å². The molecule has 2 aromatic rings. The highest BCUT2D eigenvalue weighted by Crippen LogP contribution is 2.44. The summed E-state index contributed by atoms with van der Waals surface area (Å²) in [6.45, 7) is 1.08. The maximum Gasteiger partial charge on any atom is 0.244 e. The molecule has 1 aliphatic heterocycles. The molecule has 4 rings (SSSR count). The average molecular weight is 256 g/mol. The Morgan fingerprint density at radius 2 is 2.32 bits per heavy atom. The predicted molar refractivity (Wildman–Crippen MR) is 69.1 cm³/mol. The zero-order valence-corrected chi connectivity index (χ0v) is 10.6. The van der Waals surface area contributed by atoms with Crippen molar-refractivity contribution in [3.8, 4) is 11.4 Å². The second kappa shape index (κ2) is 4.42. The van der Waals surface area contributed by atoms with Gasteiger partial charge in [0.15, 0.2) is 0 Å². The molecule has 19 heavy (non-hydrogen) atoms. The number of pyridine rings is 1. The average Bonchev–Trinajstić information content (AvgIpc) is 3.15. The largest absolute Gasteiger partial charge is 0.337 e. The van der Waals surface area contributed by atoms with E-state index in [1.54, 1.807) is 12.4 Å². The molecule has 0 radical (unpaired) electrons. The van der Waals surface area contributed by atoms with Crippen molar-refractivity contribution < 1.29 is 4.52 Å². The summed E-state index contributed by atoms with van der Waals surface area (Å²) < 4.78 is 5.46. The molecular formula is C14H16N4O. The van der Waals surface area contributed by atoms with Crippen LogP contribution < -0.4 is 5.32 Å². The highest BCUT2D eigenvalue weighted by molar-refractivity contribution is 5.51. The van der Waals surface area contributed by atoms with Crippen LogP contribution in [-0.2, 0) is 0 Å². The zero-order chi connectivity index (χ0) is 12.7. The van der Waals surface area contributed by atoms with E-state index in [4.69, 9.17) is 4.52 Å². The number of hydrogen-bond acceptors (Lipinski definition) is 5. The number of rotatable bonds is 2. The highest BCUT2D eigenvalue weighted by atomic mass is 16.5. The van der Waals surface area contributed by atoms with Gasteiger partial charge in [0.05, 0.1) is 6.04 Å². The Balaban J connectivity index is 1.62. The van der Waals surface area contributed by atoms with Gasteiger partial charge in [-0.05, 0) is 43.4 Å². The Kier molecular flexibility index (Phi) is 2.58. The van der Waals surface area contributed by atoms with E-state index in [9.17, 15) is 0 Å². The predicted octanol–water partition coefficient (Wildman–Crippen LogP) is 2.19. The van der Waals surface area contributed by atoms with Crippen LogP contribution in [0.4, 0.5) is 0 Å². The lowest BCUT2D eigenvalue weighted by Gasteiger charge is -2.13. The lowest BCUT2D eigenvalue weighted by Crippen LogP contribution is -2.18. The minimum atomic E-state index is 0.241. The van der Waals surface area contributed by atoms with Crippen molar-refractivity contribution in [1.29, 1.82) is 0 Å². The van der Waals surface area contributed by atoms with E-state index in [0.717, 1.165) is 23.9 Å². The third kappa shape index (κ3) is 1.85. The maximum absolute atomic E-state index is 5.46. The van der Waals surface area contributed by atoms with Crippen molar-refractivity contribution in [3.05, 3.63) is 30.4 Å². The molecule has 5 nitrogen and oxygen atoms in total. The summed E-state index contributed by atoms with van der Waals surface area (Å²) in [4.78, 5) is 8.63. The van der Waals surface area contributed by atoms with Crippen LogP contribution in [0.1, 0.15) is 31.2 Å². The molecular weight excluding hydrogens is 240 g/mol. The van der Waals surface area contributed by atoms with Crippen molar-refractivity contribution in [1.82, 2.24) is 20.4 Å². The molecule has 98 valence electrons. The Hall–Kier alpha value is -1.75. The smallest absolute Gasteiger partial charge is 0.244 e. The number of aromatic nitrogens is 3. The lowest BCUT2D eigenvalue weighted by atomic mass is 9.94. The molecule has 0 aromatic carbocycles. The molecule has 2 aliphatic rings. The van der Waals surface area contributed by atoms with Gasteiger partial charge in [-0.25, -0.2) is 0 Å². The molecule has 1 saturated carbocycles. The third-order valence-electron chi connectivity index (χ3n) is 4.37. The monoisotopic (exact) mass is 256 g/mol. The molecule has 0 amide bonds. The Labute approximate surface area is 111 Å². The van der Waals surface area contributed by atoms with Crippen molar-refractivity contribution in [2.45, 2.75) is 25.3 Å². The molecule has 3 heterocycles. The summed E-state index contributed by atoms with van der Waals surface area (Å²) in [7, 11) is 0. The number of nitrogens with one attached hydrogen (secondary N) is 1. The normalized spacial score (nSPS) is 29.6. The first-order valence-corrected chi connectivity index (χ1v) is 6.89. The van der Waals surface area contributed by atoms with Gasteiger partial charge in [0, 0.05) is 18.0 Å². The highest BCUT2D eigenvalue weighted by Gasteiger charge is 2.42.